The van der Waals surface area contributed by atoms with Crippen LogP contribution in [0.4, 0.5) is 0 Å². The third kappa shape index (κ3) is 5.02. The Hall–Kier alpha value is -1.44. The summed E-state index contributed by atoms with van der Waals surface area (Å²) in [6.07, 6.45) is 3.51. The van der Waals surface area contributed by atoms with Crippen LogP contribution >= 0.6 is 0 Å². The van der Waals surface area contributed by atoms with Gasteiger partial charge in [0.25, 0.3) is 0 Å². The van der Waals surface area contributed by atoms with Gasteiger partial charge in [0.15, 0.2) is 0 Å². The molecule has 2 atom stereocenters. The number of amides is 1. The summed E-state index contributed by atoms with van der Waals surface area (Å²) >= 11 is 0. The van der Waals surface area contributed by atoms with Gasteiger partial charge in [-0.3, -0.25) is 9.69 Å². The molecule has 1 fully saturated rings. The molecular weight excluding hydrogens is 314 g/mol. The van der Waals surface area contributed by atoms with E-state index in [1.54, 1.807) is 12.1 Å². The molecule has 1 aromatic carbocycles. The van der Waals surface area contributed by atoms with Crippen molar-refractivity contribution in [2.45, 2.75) is 50.1 Å². The fourth-order valence-electron chi connectivity index (χ4n) is 2.89. The van der Waals surface area contributed by atoms with E-state index in [1.807, 2.05) is 6.92 Å². The van der Waals surface area contributed by atoms with Gasteiger partial charge in [-0.15, -0.1) is 0 Å². The molecule has 0 aromatic heterocycles. The lowest BCUT2D eigenvalue weighted by Gasteiger charge is -2.33. The van der Waals surface area contributed by atoms with Crippen molar-refractivity contribution < 1.29 is 13.2 Å². The Labute approximate surface area is 138 Å². The Bertz CT molecular complexity index is 643. The maximum Gasteiger partial charge on any atom is 0.238 e. The number of sulfonamides is 1. The van der Waals surface area contributed by atoms with Crippen molar-refractivity contribution in [2.75, 3.05) is 13.1 Å². The van der Waals surface area contributed by atoms with E-state index in [9.17, 15) is 13.2 Å². The van der Waals surface area contributed by atoms with Crippen LogP contribution in [-0.2, 0) is 14.8 Å². The van der Waals surface area contributed by atoms with Crippen molar-refractivity contribution >= 4 is 15.9 Å². The first-order valence-corrected chi connectivity index (χ1v) is 9.48. The molecule has 3 N–H and O–H groups in total. The number of benzene rings is 1. The molecule has 7 heteroatoms. The Morgan fingerprint density at radius 3 is 2.57 bits per heavy atom. The second kappa shape index (κ2) is 7.42. The van der Waals surface area contributed by atoms with Gasteiger partial charge in [0.05, 0.1) is 17.5 Å². The summed E-state index contributed by atoms with van der Waals surface area (Å²) in [4.78, 5) is 14.5. The first-order valence-electron chi connectivity index (χ1n) is 7.93. The molecule has 6 nitrogen and oxygen atoms in total. The van der Waals surface area contributed by atoms with Crippen molar-refractivity contribution in [1.29, 1.82) is 0 Å². The molecule has 0 saturated carbocycles. The maximum absolute atomic E-state index is 12.2. The Morgan fingerprint density at radius 1 is 1.35 bits per heavy atom. The predicted octanol–water partition coefficient (Wildman–Crippen LogP) is 1.39. The van der Waals surface area contributed by atoms with Crippen LogP contribution in [0.5, 0.6) is 0 Å². The SMILES string of the molecule is C[C@H](NC(=O)CN1CCCC[C@H]1C)c1ccc(S(N)(=O)=O)cc1. The molecule has 0 unspecified atom stereocenters. The molecule has 0 spiro atoms. The third-order valence-corrected chi connectivity index (χ3v) is 5.30. The van der Waals surface area contributed by atoms with Gasteiger partial charge >= 0.3 is 0 Å². The summed E-state index contributed by atoms with van der Waals surface area (Å²) in [6.45, 7) is 5.40. The van der Waals surface area contributed by atoms with Gasteiger partial charge < -0.3 is 5.32 Å². The summed E-state index contributed by atoms with van der Waals surface area (Å²) in [6, 6.07) is 6.53. The second-order valence-corrected chi connectivity index (χ2v) is 7.78. The Morgan fingerprint density at radius 2 is 2.00 bits per heavy atom. The molecule has 2 rings (SSSR count). The standard InChI is InChI=1S/C16H25N3O3S/c1-12-5-3-4-10-19(12)11-16(20)18-13(2)14-6-8-15(9-7-14)23(17,21)22/h6-9,12-13H,3-5,10-11H2,1-2H3,(H,18,20)(H2,17,21,22)/t12-,13+/m1/s1. The number of hydrogen-bond acceptors (Lipinski definition) is 4. The highest BCUT2D eigenvalue weighted by atomic mass is 32.2. The topological polar surface area (TPSA) is 92.5 Å². The molecule has 128 valence electrons. The van der Waals surface area contributed by atoms with Crippen LogP contribution in [0, 0.1) is 0 Å². The van der Waals surface area contributed by atoms with E-state index in [1.165, 1.54) is 18.6 Å². The number of nitrogens with zero attached hydrogens (tertiary/aromatic N) is 1. The number of nitrogens with two attached hydrogens (primary N) is 1. The molecule has 1 aromatic rings. The lowest BCUT2D eigenvalue weighted by atomic mass is 10.0. The smallest absolute Gasteiger partial charge is 0.238 e. The first-order chi connectivity index (χ1) is 10.8. The first kappa shape index (κ1) is 17.9. The summed E-state index contributed by atoms with van der Waals surface area (Å²) in [5.74, 6) is -0.0122. The van der Waals surface area contributed by atoms with Gasteiger partial charge in [-0.05, 0) is 50.9 Å². The van der Waals surface area contributed by atoms with Crippen LogP contribution in [0.2, 0.25) is 0 Å². The van der Waals surface area contributed by atoms with Crippen LogP contribution in [0.25, 0.3) is 0 Å². The molecule has 1 amide bonds. The fourth-order valence-corrected chi connectivity index (χ4v) is 3.41. The zero-order chi connectivity index (χ0) is 17.0. The number of carbonyl (C=O) groups excluding carboxylic acids is 1. The minimum Gasteiger partial charge on any atom is -0.348 e. The lowest BCUT2D eigenvalue weighted by molar-refractivity contribution is -0.123. The van der Waals surface area contributed by atoms with Gasteiger partial charge in [0, 0.05) is 6.04 Å². The minimum absolute atomic E-state index is 0.0122. The van der Waals surface area contributed by atoms with Gasteiger partial charge in [-0.1, -0.05) is 18.6 Å². The van der Waals surface area contributed by atoms with E-state index in [0.29, 0.717) is 12.6 Å². The molecule has 1 heterocycles. The van der Waals surface area contributed by atoms with E-state index in [2.05, 4.69) is 17.1 Å². The number of likely N-dealkylation sites (tertiary alicyclic amines) is 1. The molecule has 1 aliphatic heterocycles. The minimum atomic E-state index is -3.69. The zero-order valence-corrected chi connectivity index (χ0v) is 14.5. The van der Waals surface area contributed by atoms with E-state index in [0.717, 1.165) is 24.9 Å². The highest BCUT2D eigenvalue weighted by Gasteiger charge is 2.21. The van der Waals surface area contributed by atoms with Gasteiger partial charge in [0.1, 0.15) is 0 Å². The molecule has 1 saturated heterocycles. The highest BCUT2D eigenvalue weighted by molar-refractivity contribution is 7.89. The lowest BCUT2D eigenvalue weighted by Crippen LogP contribution is -2.44. The van der Waals surface area contributed by atoms with Crippen LogP contribution in [0.15, 0.2) is 29.2 Å². The monoisotopic (exact) mass is 339 g/mol. The summed E-state index contributed by atoms with van der Waals surface area (Å²) in [5, 5.41) is 8.04. The van der Waals surface area contributed by atoms with Gasteiger partial charge in [-0.25, -0.2) is 13.6 Å². The number of rotatable bonds is 5. The van der Waals surface area contributed by atoms with Crippen molar-refractivity contribution in [3.63, 3.8) is 0 Å². The Balaban J connectivity index is 1.93. The van der Waals surface area contributed by atoms with Crippen LogP contribution < -0.4 is 10.5 Å². The average molecular weight is 339 g/mol. The second-order valence-electron chi connectivity index (χ2n) is 6.22. The summed E-state index contributed by atoms with van der Waals surface area (Å²) in [7, 11) is -3.69. The zero-order valence-electron chi connectivity index (χ0n) is 13.7. The molecule has 0 bridgehead atoms. The number of hydrogen-bond donors (Lipinski definition) is 2. The highest BCUT2D eigenvalue weighted by Crippen LogP contribution is 2.17. The fraction of sp³-hybridized carbons (Fsp3) is 0.562. The number of nitrogens with one attached hydrogen (secondary N) is 1. The van der Waals surface area contributed by atoms with E-state index < -0.39 is 10.0 Å². The molecule has 23 heavy (non-hydrogen) atoms. The largest absolute Gasteiger partial charge is 0.348 e. The van der Waals surface area contributed by atoms with Crippen molar-refractivity contribution in [2.24, 2.45) is 5.14 Å². The molecule has 0 aliphatic carbocycles. The summed E-state index contributed by atoms with van der Waals surface area (Å²) < 4.78 is 22.5. The van der Waals surface area contributed by atoms with Gasteiger partial charge in [-0.2, -0.15) is 0 Å². The molecule has 0 radical (unpaired) electrons. The van der Waals surface area contributed by atoms with E-state index in [4.69, 9.17) is 5.14 Å². The van der Waals surface area contributed by atoms with E-state index in [-0.39, 0.29) is 16.8 Å². The van der Waals surface area contributed by atoms with Crippen molar-refractivity contribution in [3.05, 3.63) is 29.8 Å². The van der Waals surface area contributed by atoms with Crippen LogP contribution in [0.3, 0.4) is 0 Å². The quantitative estimate of drug-likeness (QED) is 0.848. The Kier molecular flexibility index (Phi) is 5.78. The van der Waals surface area contributed by atoms with E-state index >= 15 is 0 Å². The normalized spacial score (nSPS) is 20.9. The molecular formula is C16H25N3O3S. The van der Waals surface area contributed by atoms with Crippen molar-refractivity contribution in [1.82, 2.24) is 10.2 Å². The number of piperidine rings is 1. The average Bonchev–Trinajstić information content (AvgIpc) is 2.49. The van der Waals surface area contributed by atoms with Gasteiger partial charge in [0.2, 0.25) is 15.9 Å². The van der Waals surface area contributed by atoms with Crippen LogP contribution in [-0.4, -0.2) is 38.4 Å². The number of primary sulfonamides is 1. The predicted molar refractivity (Wildman–Crippen MR) is 89.3 cm³/mol. The van der Waals surface area contributed by atoms with Crippen molar-refractivity contribution in [3.8, 4) is 0 Å². The maximum atomic E-state index is 12.2. The van der Waals surface area contributed by atoms with Crippen LogP contribution in [0.1, 0.15) is 44.7 Å². The number of carbonyl (C=O) groups is 1. The summed E-state index contributed by atoms with van der Waals surface area (Å²) in [5.41, 5.74) is 0.845. The third-order valence-electron chi connectivity index (χ3n) is 4.37. The molecule has 1 aliphatic rings.